The van der Waals surface area contributed by atoms with Gasteiger partial charge in [0.1, 0.15) is 0 Å². The molecule has 0 aromatic carbocycles. The molecule has 13 heavy (non-hydrogen) atoms. The summed E-state index contributed by atoms with van der Waals surface area (Å²) >= 11 is 1.59. The van der Waals surface area contributed by atoms with E-state index < -0.39 is 12.0 Å². The van der Waals surface area contributed by atoms with Gasteiger partial charge >= 0.3 is 5.97 Å². The monoisotopic (exact) mass is 203 g/mol. The predicted octanol–water partition coefficient (Wildman–Crippen LogP) is 1.01. The van der Waals surface area contributed by atoms with Gasteiger partial charge < -0.3 is 4.74 Å². The highest BCUT2D eigenvalue weighted by Gasteiger charge is 2.17. The summed E-state index contributed by atoms with van der Waals surface area (Å²) in [7, 11) is 0. The van der Waals surface area contributed by atoms with Crippen molar-refractivity contribution in [1.29, 1.82) is 0 Å². The van der Waals surface area contributed by atoms with Gasteiger partial charge in [0, 0.05) is 0 Å². The Morgan fingerprint density at radius 2 is 2.38 bits per heavy atom. The molecule has 0 aliphatic carbocycles. The standard InChI is InChI=1S/C8H13NO3S/c1-3-12-8(11)7(9-6-10)4-5-13-2/h7H,3-5H2,1-2H3/t7-/m0/s1. The molecule has 0 fully saturated rings. The van der Waals surface area contributed by atoms with Crippen molar-refractivity contribution >= 4 is 23.8 Å². The van der Waals surface area contributed by atoms with Crippen LogP contribution < -0.4 is 0 Å². The first kappa shape index (κ1) is 12.2. The van der Waals surface area contributed by atoms with Gasteiger partial charge in [0.15, 0.2) is 6.04 Å². The fourth-order valence-corrected chi connectivity index (χ4v) is 1.23. The summed E-state index contributed by atoms with van der Waals surface area (Å²) in [5.41, 5.74) is 0. The van der Waals surface area contributed by atoms with Crippen molar-refractivity contribution in [2.24, 2.45) is 4.99 Å². The lowest BCUT2D eigenvalue weighted by molar-refractivity contribution is -0.144. The summed E-state index contributed by atoms with van der Waals surface area (Å²) in [4.78, 5) is 24.5. The molecule has 0 aliphatic rings. The van der Waals surface area contributed by atoms with Crippen molar-refractivity contribution in [2.75, 3.05) is 18.6 Å². The summed E-state index contributed by atoms with van der Waals surface area (Å²) in [6, 6.07) is -0.676. The lowest BCUT2D eigenvalue weighted by atomic mass is 10.2. The molecule has 0 N–H and O–H groups in total. The Hall–Kier alpha value is -0.800. The van der Waals surface area contributed by atoms with Crippen LogP contribution in [-0.2, 0) is 14.3 Å². The fraction of sp³-hybridized carbons (Fsp3) is 0.750. The minimum atomic E-state index is -0.676. The van der Waals surface area contributed by atoms with Crippen LogP contribution in [0.25, 0.3) is 0 Å². The largest absolute Gasteiger partial charge is 0.464 e. The molecule has 0 aromatic rings. The molecule has 0 saturated heterocycles. The van der Waals surface area contributed by atoms with Crippen molar-refractivity contribution < 1.29 is 14.3 Å². The summed E-state index contributed by atoms with van der Waals surface area (Å²) in [6.07, 6.45) is 3.83. The van der Waals surface area contributed by atoms with Gasteiger partial charge in [-0.15, -0.1) is 0 Å². The number of nitrogens with zero attached hydrogens (tertiary/aromatic N) is 1. The van der Waals surface area contributed by atoms with E-state index in [1.807, 2.05) is 6.26 Å². The normalized spacial score (nSPS) is 11.5. The van der Waals surface area contributed by atoms with Gasteiger partial charge in [-0.05, 0) is 25.4 Å². The van der Waals surface area contributed by atoms with Crippen LogP contribution in [0.1, 0.15) is 13.3 Å². The highest BCUT2D eigenvalue weighted by atomic mass is 32.2. The molecule has 0 bridgehead atoms. The SMILES string of the molecule is CCOC(=O)[C@H](CCSC)N=C=O. The maximum absolute atomic E-state index is 11.1. The molecular formula is C8H13NO3S. The molecule has 0 aliphatic heterocycles. The van der Waals surface area contributed by atoms with Gasteiger partial charge in [-0.3, -0.25) is 0 Å². The van der Waals surface area contributed by atoms with E-state index in [1.165, 1.54) is 6.08 Å². The van der Waals surface area contributed by atoms with Gasteiger partial charge in [-0.2, -0.15) is 16.8 Å². The van der Waals surface area contributed by atoms with Crippen LogP contribution in [0.2, 0.25) is 0 Å². The van der Waals surface area contributed by atoms with Crippen LogP contribution in [0.3, 0.4) is 0 Å². The number of isocyanates is 1. The number of hydrogen-bond acceptors (Lipinski definition) is 5. The fourth-order valence-electron chi connectivity index (χ4n) is 0.767. The lowest BCUT2D eigenvalue weighted by Crippen LogP contribution is -2.22. The van der Waals surface area contributed by atoms with E-state index in [1.54, 1.807) is 18.7 Å². The van der Waals surface area contributed by atoms with Crippen LogP contribution in [0.5, 0.6) is 0 Å². The molecule has 74 valence electrons. The zero-order valence-electron chi connectivity index (χ0n) is 7.78. The minimum Gasteiger partial charge on any atom is -0.464 e. The predicted molar refractivity (Wildman–Crippen MR) is 51.5 cm³/mol. The average molecular weight is 203 g/mol. The van der Waals surface area contributed by atoms with Gasteiger partial charge in [-0.25, -0.2) is 9.59 Å². The maximum Gasteiger partial charge on any atom is 0.331 e. The molecule has 5 heteroatoms. The number of rotatable bonds is 6. The Bertz CT molecular complexity index is 202. The molecule has 0 aromatic heterocycles. The van der Waals surface area contributed by atoms with Crippen molar-refractivity contribution in [3.05, 3.63) is 0 Å². The molecule has 4 nitrogen and oxygen atoms in total. The molecule has 0 amide bonds. The number of esters is 1. The highest BCUT2D eigenvalue weighted by molar-refractivity contribution is 7.98. The molecule has 0 rings (SSSR count). The van der Waals surface area contributed by atoms with E-state index in [-0.39, 0.29) is 0 Å². The Morgan fingerprint density at radius 3 is 2.85 bits per heavy atom. The molecule has 0 spiro atoms. The van der Waals surface area contributed by atoms with E-state index in [0.717, 1.165) is 5.75 Å². The van der Waals surface area contributed by atoms with Crippen molar-refractivity contribution in [2.45, 2.75) is 19.4 Å². The Morgan fingerprint density at radius 1 is 1.69 bits per heavy atom. The minimum absolute atomic E-state index is 0.309. The van der Waals surface area contributed by atoms with Gasteiger partial charge in [0.25, 0.3) is 0 Å². The number of hydrogen-bond donors (Lipinski definition) is 0. The van der Waals surface area contributed by atoms with E-state index in [4.69, 9.17) is 4.74 Å². The number of ether oxygens (including phenoxy) is 1. The summed E-state index contributed by atoms with van der Waals surface area (Å²) in [5, 5.41) is 0. The van der Waals surface area contributed by atoms with Crippen LogP contribution in [-0.4, -0.2) is 36.7 Å². The van der Waals surface area contributed by atoms with E-state index in [9.17, 15) is 9.59 Å². The Kier molecular flexibility index (Phi) is 7.35. The third-order valence-corrected chi connectivity index (χ3v) is 2.01. The third-order valence-electron chi connectivity index (χ3n) is 1.36. The van der Waals surface area contributed by atoms with Crippen molar-refractivity contribution in [1.82, 2.24) is 0 Å². The quantitative estimate of drug-likeness (QED) is 0.367. The second kappa shape index (κ2) is 7.83. The zero-order chi connectivity index (χ0) is 10.1. The zero-order valence-corrected chi connectivity index (χ0v) is 8.60. The van der Waals surface area contributed by atoms with Crippen LogP contribution in [0, 0.1) is 0 Å². The second-order valence-electron chi connectivity index (χ2n) is 2.27. The van der Waals surface area contributed by atoms with Gasteiger partial charge in [-0.1, -0.05) is 0 Å². The summed E-state index contributed by atoms with van der Waals surface area (Å²) in [6.45, 7) is 2.02. The van der Waals surface area contributed by atoms with Crippen LogP contribution >= 0.6 is 11.8 Å². The summed E-state index contributed by atoms with van der Waals surface area (Å²) in [5.74, 6) is 0.328. The van der Waals surface area contributed by atoms with Gasteiger partial charge in [0.05, 0.1) is 6.61 Å². The lowest BCUT2D eigenvalue weighted by Gasteiger charge is -2.07. The van der Waals surface area contributed by atoms with Crippen LogP contribution in [0.4, 0.5) is 0 Å². The molecule has 0 saturated carbocycles. The Labute approximate surface area is 81.7 Å². The first-order valence-electron chi connectivity index (χ1n) is 3.98. The van der Waals surface area contributed by atoms with Crippen molar-refractivity contribution in [3.63, 3.8) is 0 Å². The number of aliphatic imine (C=N–C) groups is 1. The molecular weight excluding hydrogens is 190 g/mol. The number of carbonyl (C=O) groups excluding carboxylic acids is 2. The summed E-state index contributed by atoms with van der Waals surface area (Å²) < 4.78 is 4.73. The Balaban J connectivity index is 4.06. The van der Waals surface area contributed by atoms with E-state index in [0.29, 0.717) is 13.0 Å². The third kappa shape index (κ3) is 5.44. The second-order valence-corrected chi connectivity index (χ2v) is 3.26. The first-order valence-corrected chi connectivity index (χ1v) is 5.38. The molecule has 0 unspecified atom stereocenters. The number of carbonyl (C=O) groups is 1. The molecule has 0 heterocycles. The van der Waals surface area contributed by atoms with Crippen molar-refractivity contribution in [3.8, 4) is 0 Å². The molecule has 1 atom stereocenters. The molecule has 0 radical (unpaired) electrons. The average Bonchev–Trinajstić information content (AvgIpc) is 2.12. The number of thioether (sulfide) groups is 1. The topological polar surface area (TPSA) is 55.7 Å². The van der Waals surface area contributed by atoms with Crippen LogP contribution in [0.15, 0.2) is 4.99 Å². The first-order chi connectivity index (χ1) is 6.26. The highest BCUT2D eigenvalue weighted by Crippen LogP contribution is 2.05. The van der Waals surface area contributed by atoms with E-state index in [2.05, 4.69) is 4.99 Å². The van der Waals surface area contributed by atoms with E-state index >= 15 is 0 Å². The van der Waals surface area contributed by atoms with Gasteiger partial charge in [0.2, 0.25) is 6.08 Å². The smallest absolute Gasteiger partial charge is 0.331 e. The maximum atomic E-state index is 11.1.